The number of carboxylic acid groups (broad SMARTS) is 1. The molecule has 0 saturated carbocycles. The van der Waals surface area contributed by atoms with Gasteiger partial charge in [-0.15, -0.1) is 0 Å². The molecule has 0 bridgehead atoms. The Labute approximate surface area is 113 Å². The van der Waals surface area contributed by atoms with Crippen LogP contribution in [0.5, 0.6) is 0 Å². The summed E-state index contributed by atoms with van der Waals surface area (Å²) in [7, 11) is 0. The lowest BCUT2D eigenvalue weighted by molar-refractivity contribution is -0.138. The van der Waals surface area contributed by atoms with E-state index in [1.807, 2.05) is 13.8 Å². The molecule has 0 spiro atoms. The first-order valence-electron chi connectivity index (χ1n) is 6.53. The van der Waals surface area contributed by atoms with Crippen molar-refractivity contribution < 1.29 is 19.1 Å². The number of furan rings is 1. The van der Waals surface area contributed by atoms with Crippen LogP contribution in [0.1, 0.15) is 50.1 Å². The minimum Gasteiger partial charge on any atom is -0.475 e. The second-order valence-electron chi connectivity index (χ2n) is 5.80. The summed E-state index contributed by atoms with van der Waals surface area (Å²) in [6.45, 7) is 9.81. The van der Waals surface area contributed by atoms with E-state index in [2.05, 4.69) is 18.7 Å². The quantitative estimate of drug-likeness (QED) is 0.911. The molecule has 1 aliphatic rings. The number of carbonyl (C=O) groups is 1. The highest BCUT2D eigenvalue weighted by Gasteiger charge is 2.34. The van der Waals surface area contributed by atoms with Crippen LogP contribution in [0.15, 0.2) is 16.5 Å². The number of aromatic carboxylic acids is 1. The summed E-state index contributed by atoms with van der Waals surface area (Å²) in [6, 6.07) is 3.28. The lowest BCUT2D eigenvalue weighted by Crippen LogP contribution is -2.52. The first kappa shape index (κ1) is 14.1. The van der Waals surface area contributed by atoms with Gasteiger partial charge in [0.15, 0.2) is 0 Å². The van der Waals surface area contributed by atoms with Crippen LogP contribution in [-0.4, -0.2) is 40.8 Å². The van der Waals surface area contributed by atoms with Gasteiger partial charge in [0.05, 0.1) is 17.7 Å². The molecular formula is C14H21NO4. The van der Waals surface area contributed by atoms with Crippen LogP contribution in [0.3, 0.4) is 0 Å². The SMILES string of the molecule is CC1CN(C(C)c2ccc(C(=O)O)o2)CC(C)(C)O1. The van der Waals surface area contributed by atoms with Gasteiger partial charge < -0.3 is 14.3 Å². The summed E-state index contributed by atoms with van der Waals surface area (Å²) in [5.41, 5.74) is -0.200. The fourth-order valence-corrected chi connectivity index (χ4v) is 2.67. The van der Waals surface area contributed by atoms with Crippen molar-refractivity contribution in [1.82, 2.24) is 4.90 Å². The first-order valence-corrected chi connectivity index (χ1v) is 6.53. The van der Waals surface area contributed by atoms with Gasteiger partial charge in [-0.3, -0.25) is 4.90 Å². The molecule has 1 saturated heterocycles. The van der Waals surface area contributed by atoms with Crippen LogP contribution >= 0.6 is 0 Å². The maximum atomic E-state index is 10.8. The highest BCUT2D eigenvalue weighted by Crippen LogP contribution is 2.29. The van der Waals surface area contributed by atoms with Crippen molar-refractivity contribution in [3.8, 4) is 0 Å². The predicted octanol–water partition coefficient (Wildman–Crippen LogP) is 2.54. The van der Waals surface area contributed by atoms with E-state index in [9.17, 15) is 4.79 Å². The molecule has 5 heteroatoms. The van der Waals surface area contributed by atoms with Gasteiger partial charge in [0.25, 0.3) is 0 Å². The van der Waals surface area contributed by atoms with E-state index in [0.29, 0.717) is 5.76 Å². The summed E-state index contributed by atoms with van der Waals surface area (Å²) < 4.78 is 11.2. The molecule has 1 N–H and O–H groups in total. The zero-order chi connectivity index (χ0) is 14.2. The molecule has 1 fully saturated rings. The Kier molecular flexibility index (Phi) is 3.69. The molecule has 0 amide bonds. The fourth-order valence-electron chi connectivity index (χ4n) is 2.67. The second-order valence-corrected chi connectivity index (χ2v) is 5.80. The number of carboxylic acids is 1. The van der Waals surface area contributed by atoms with E-state index >= 15 is 0 Å². The number of hydrogen-bond acceptors (Lipinski definition) is 4. The van der Waals surface area contributed by atoms with Crippen LogP contribution in [0.2, 0.25) is 0 Å². The number of morpholine rings is 1. The Morgan fingerprint density at radius 2 is 2.21 bits per heavy atom. The molecular weight excluding hydrogens is 246 g/mol. The van der Waals surface area contributed by atoms with Crippen LogP contribution < -0.4 is 0 Å². The maximum Gasteiger partial charge on any atom is 0.371 e. The minimum absolute atomic E-state index is 0.0116. The Hall–Kier alpha value is -1.33. The van der Waals surface area contributed by atoms with E-state index in [4.69, 9.17) is 14.3 Å². The van der Waals surface area contributed by atoms with Crippen molar-refractivity contribution >= 4 is 5.97 Å². The van der Waals surface area contributed by atoms with E-state index < -0.39 is 5.97 Å². The number of hydrogen-bond donors (Lipinski definition) is 1. The van der Waals surface area contributed by atoms with E-state index in [1.54, 1.807) is 6.07 Å². The molecule has 19 heavy (non-hydrogen) atoms. The van der Waals surface area contributed by atoms with Crippen LogP contribution in [-0.2, 0) is 4.74 Å². The van der Waals surface area contributed by atoms with Gasteiger partial charge in [-0.2, -0.15) is 0 Å². The van der Waals surface area contributed by atoms with Crippen molar-refractivity contribution in [3.05, 3.63) is 23.7 Å². The molecule has 1 aromatic rings. The predicted molar refractivity (Wildman–Crippen MR) is 70.3 cm³/mol. The van der Waals surface area contributed by atoms with Gasteiger partial charge in [0.1, 0.15) is 5.76 Å². The summed E-state index contributed by atoms with van der Waals surface area (Å²) in [6.07, 6.45) is 0.153. The second kappa shape index (κ2) is 4.98. The molecule has 0 radical (unpaired) electrons. The largest absolute Gasteiger partial charge is 0.475 e. The van der Waals surface area contributed by atoms with Crippen molar-refractivity contribution in [2.24, 2.45) is 0 Å². The van der Waals surface area contributed by atoms with Crippen LogP contribution in [0.4, 0.5) is 0 Å². The summed E-state index contributed by atoms with van der Waals surface area (Å²) in [5.74, 6) is -0.362. The van der Waals surface area contributed by atoms with Gasteiger partial charge in [-0.1, -0.05) is 0 Å². The van der Waals surface area contributed by atoms with Gasteiger partial charge in [-0.05, 0) is 39.8 Å². The van der Waals surface area contributed by atoms with Crippen molar-refractivity contribution in [1.29, 1.82) is 0 Å². The average Bonchev–Trinajstić information content (AvgIpc) is 2.74. The summed E-state index contributed by atoms with van der Waals surface area (Å²) in [4.78, 5) is 13.1. The Morgan fingerprint density at radius 1 is 1.53 bits per heavy atom. The molecule has 2 unspecified atom stereocenters. The molecule has 0 aliphatic carbocycles. The van der Waals surface area contributed by atoms with Crippen LogP contribution in [0, 0.1) is 0 Å². The highest BCUT2D eigenvalue weighted by molar-refractivity contribution is 5.84. The Morgan fingerprint density at radius 3 is 2.74 bits per heavy atom. The van der Waals surface area contributed by atoms with Crippen molar-refractivity contribution in [3.63, 3.8) is 0 Å². The van der Waals surface area contributed by atoms with Crippen molar-refractivity contribution in [2.45, 2.75) is 45.4 Å². The smallest absolute Gasteiger partial charge is 0.371 e. The van der Waals surface area contributed by atoms with E-state index in [0.717, 1.165) is 13.1 Å². The lowest BCUT2D eigenvalue weighted by Gasteiger charge is -2.43. The normalized spacial score (nSPS) is 25.2. The van der Waals surface area contributed by atoms with Gasteiger partial charge >= 0.3 is 5.97 Å². The zero-order valence-corrected chi connectivity index (χ0v) is 11.8. The monoisotopic (exact) mass is 267 g/mol. The Balaban J connectivity index is 2.13. The standard InChI is InChI=1S/C14H21NO4/c1-9-7-15(8-14(3,4)19-9)10(2)11-5-6-12(18-11)13(16)17/h5-6,9-10H,7-8H2,1-4H3,(H,16,17). The molecule has 2 rings (SSSR count). The molecule has 2 atom stereocenters. The number of rotatable bonds is 3. The minimum atomic E-state index is -1.03. The van der Waals surface area contributed by atoms with E-state index in [-0.39, 0.29) is 23.5 Å². The maximum absolute atomic E-state index is 10.8. The molecule has 106 valence electrons. The third-order valence-corrected chi connectivity index (χ3v) is 3.39. The van der Waals surface area contributed by atoms with Crippen molar-refractivity contribution in [2.75, 3.05) is 13.1 Å². The average molecular weight is 267 g/mol. The molecule has 0 aromatic carbocycles. The molecule has 1 aliphatic heterocycles. The third kappa shape index (κ3) is 3.16. The molecule has 2 heterocycles. The highest BCUT2D eigenvalue weighted by atomic mass is 16.5. The van der Waals surface area contributed by atoms with Gasteiger partial charge in [0, 0.05) is 13.1 Å². The summed E-state index contributed by atoms with van der Waals surface area (Å²) >= 11 is 0. The number of ether oxygens (including phenoxy) is 1. The zero-order valence-electron chi connectivity index (χ0n) is 11.8. The fraction of sp³-hybridized carbons (Fsp3) is 0.643. The third-order valence-electron chi connectivity index (χ3n) is 3.39. The molecule has 5 nitrogen and oxygen atoms in total. The number of nitrogens with zero attached hydrogens (tertiary/aromatic N) is 1. The Bertz CT molecular complexity index is 466. The topological polar surface area (TPSA) is 62.9 Å². The first-order chi connectivity index (χ1) is 8.78. The van der Waals surface area contributed by atoms with Crippen LogP contribution in [0.25, 0.3) is 0 Å². The summed E-state index contributed by atoms with van der Waals surface area (Å²) in [5, 5.41) is 8.89. The van der Waals surface area contributed by atoms with Gasteiger partial charge in [0.2, 0.25) is 5.76 Å². The molecule has 1 aromatic heterocycles. The lowest BCUT2D eigenvalue weighted by atomic mass is 10.0. The van der Waals surface area contributed by atoms with E-state index in [1.165, 1.54) is 6.07 Å². The van der Waals surface area contributed by atoms with Gasteiger partial charge in [-0.25, -0.2) is 4.79 Å².